The van der Waals surface area contributed by atoms with Gasteiger partial charge >= 0.3 is 6.03 Å². The number of fused-ring (bicyclic) bond motifs is 2. The third kappa shape index (κ3) is 5.75. The van der Waals surface area contributed by atoms with Gasteiger partial charge < -0.3 is 14.7 Å². The lowest BCUT2D eigenvalue weighted by atomic mass is 9.70. The number of carbonyl (C=O) groups is 2. The first-order valence-electron chi connectivity index (χ1n) is 16.6. The normalized spacial score (nSPS) is 23.2. The highest BCUT2D eigenvalue weighted by molar-refractivity contribution is 6.42. The van der Waals surface area contributed by atoms with Gasteiger partial charge in [-0.15, -0.1) is 0 Å². The van der Waals surface area contributed by atoms with Crippen LogP contribution in [0.15, 0.2) is 72.8 Å². The summed E-state index contributed by atoms with van der Waals surface area (Å²) in [6, 6.07) is 24.7. The Morgan fingerprint density at radius 1 is 0.778 bits per heavy atom. The lowest BCUT2D eigenvalue weighted by Crippen LogP contribution is -2.53. The summed E-state index contributed by atoms with van der Waals surface area (Å²) in [5, 5.41) is 1.00. The average molecular weight is 646 g/mol. The van der Waals surface area contributed by atoms with E-state index in [2.05, 4.69) is 46.2 Å². The molecule has 1 atom stereocenters. The molecule has 8 heteroatoms. The van der Waals surface area contributed by atoms with E-state index in [1.54, 1.807) is 0 Å². The maximum absolute atomic E-state index is 14.5. The average Bonchev–Trinajstić information content (AvgIpc) is 3.72. The molecule has 1 spiro atoms. The third-order valence-corrected chi connectivity index (χ3v) is 11.7. The number of hydrogen-bond donors (Lipinski definition) is 0. The molecule has 4 heterocycles. The number of likely N-dealkylation sites (tertiary alicyclic amines) is 3. The van der Waals surface area contributed by atoms with E-state index in [0.717, 1.165) is 108 Å². The van der Waals surface area contributed by atoms with Crippen molar-refractivity contribution in [2.45, 2.75) is 62.3 Å². The minimum atomic E-state index is -0.644. The molecule has 45 heavy (non-hydrogen) atoms. The molecule has 7 rings (SSSR count). The van der Waals surface area contributed by atoms with E-state index >= 15 is 0 Å². The number of anilines is 1. The van der Waals surface area contributed by atoms with Crippen molar-refractivity contribution in [1.29, 1.82) is 0 Å². The van der Waals surface area contributed by atoms with E-state index in [0.29, 0.717) is 16.6 Å². The Morgan fingerprint density at radius 3 is 2.27 bits per heavy atom. The van der Waals surface area contributed by atoms with Gasteiger partial charge in [-0.05, 0) is 99.5 Å². The largest absolute Gasteiger partial charge is 0.338 e. The zero-order chi connectivity index (χ0) is 31.0. The van der Waals surface area contributed by atoms with Crippen LogP contribution in [0.5, 0.6) is 0 Å². The minimum Gasteiger partial charge on any atom is -0.338 e. The van der Waals surface area contributed by atoms with Gasteiger partial charge in [-0.2, -0.15) is 0 Å². The molecule has 3 fully saturated rings. The fourth-order valence-corrected chi connectivity index (χ4v) is 8.63. The Morgan fingerprint density at radius 2 is 1.51 bits per heavy atom. The van der Waals surface area contributed by atoms with Gasteiger partial charge in [0.1, 0.15) is 0 Å². The van der Waals surface area contributed by atoms with Crippen molar-refractivity contribution in [3.63, 3.8) is 0 Å². The molecule has 0 aliphatic carbocycles. The number of halogens is 2. The van der Waals surface area contributed by atoms with Gasteiger partial charge in [0, 0.05) is 43.8 Å². The number of benzene rings is 3. The highest BCUT2D eigenvalue weighted by Crippen LogP contribution is 2.48. The molecule has 3 saturated heterocycles. The van der Waals surface area contributed by atoms with E-state index in [1.165, 1.54) is 5.56 Å². The van der Waals surface area contributed by atoms with Crippen LogP contribution >= 0.6 is 23.2 Å². The zero-order valence-electron chi connectivity index (χ0n) is 25.9. The third-order valence-electron chi connectivity index (χ3n) is 10.9. The number of rotatable bonds is 6. The summed E-state index contributed by atoms with van der Waals surface area (Å²) in [6.45, 7) is 6.57. The molecule has 236 valence electrons. The van der Waals surface area contributed by atoms with Crippen molar-refractivity contribution in [3.8, 4) is 0 Å². The SMILES string of the molecule is O=C(N1CCCC1)N1CC2(CCN(CCC3(c4ccc(Cl)c(Cl)c4)CCCN(Cc4ccccc4)C3=O)CC2)c2ccccc21. The second-order valence-electron chi connectivity index (χ2n) is 13.5. The Kier molecular flexibility index (Phi) is 8.58. The standard InChI is InChI=1S/C37H42Cl2N4O2/c38-31-14-13-29(25-32(31)39)37(15-8-21-42(34(37)44)26-28-9-2-1-3-10-28)18-24-40-22-16-36(17-23-40)27-43(33-12-5-4-11-30(33)36)35(45)41-19-6-7-20-41/h1-5,9-14,25H,6-8,15-24,26-27H2. The van der Waals surface area contributed by atoms with Crippen molar-refractivity contribution < 1.29 is 9.59 Å². The molecule has 1 unspecified atom stereocenters. The zero-order valence-corrected chi connectivity index (χ0v) is 27.4. The molecule has 4 aliphatic heterocycles. The van der Waals surface area contributed by atoms with Gasteiger partial charge in [-0.3, -0.25) is 9.69 Å². The molecule has 0 saturated carbocycles. The highest BCUT2D eigenvalue weighted by atomic mass is 35.5. The number of amides is 3. The Balaban J connectivity index is 1.08. The molecule has 4 aliphatic rings. The summed E-state index contributed by atoms with van der Waals surface area (Å²) < 4.78 is 0. The van der Waals surface area contributed by atoms with Crippen LogP contribution in [0.1, 0.15) is 61.6 Å². The van der Waals surface area contributed by atoms with E-state index < -0.39 is 5.41 Å². The monoisotopic (exact) mass is 644 g/mol. The fourth-order valence-electron chi connectivity index (χ4n) is 8.34. The van der Waals surface area contributed by atoms with Crippen LogP contribution in [0, 0.1) is 0 Å². The predicted octanol–water partition coefficient (Wildman–Crippen LogP) is 7.51. The van der Waals surface area contributed by atoms with Gasteiger partial charge in [-0.25, -0.2) is 4.79 Å². The summed E-state index contributed by atoms with van der Waals surface area (Å²) >= 11 is 12.9. The number of piperidine rings is 2. The Hall–Kier alpha value is -3.06. The fraction of sp³-hybridized carbons (Fsp3) is 0.459. The second-order valence-corrected chi connectivity index (χ2v) is 14.3. The number of carbonyl (C=O) groups excluding carboxylic acids is 2. The molecule has 0 bridgehead atoms. The summed E-state index contributed by atoms with van der Waals surface area (Å²) in [7, 11) is 0. The second kappa shape index (κ2) is 12.6. The van der Waals surface area contributed by atoms with Gasteiger partial charge in [0.05, 0.1) is 15.5 Å². The maximum Gasteiger partial charge on any atom is 0.324 e. The summed E-state index contributed by atoms with van der Waals surface area (Å²) in [5.74, 6) is 0.185. The van der Waals surface area contributed by atoms with E-state index in [9.17, 15) is 9.59 Å². The highest BCUT2D eigenvalue weighted by Gasteiger charge is 2.49. The van der Waals surface area contributed by atoms with Crippen LogP contribution in [0.4, 0.5) is 10.5 Å². The molecular weight excluding hydrogens is 603 g/mol. The van der Waals surface area contributed by atoms with Crippen molar-refractivity contribution >= 4 is 40.8 Å². The lowest BCUT2D eigenvalue weighted by Gasteiger charge is -2.45. The number of urea groups is 1. The topological polar surface area (TPSA) is 47.1 Å². The molecule has 3 aromatic carbocycles. The minimum absolute atomic E-state index is 0.0169. The molecular formula is C37H42Cl2N4O2. The van der Waals surface area contributed by atoms with Crippen molar-refractivity contribution in [1.82, 2.24) is 14.7 Å². The number of nitrogens with zero attached hydrogens (tertiary/aromatic N) is 4. The van der Waals surface area contributed by atoms with Crippen molar-refractivity contribution in [3.05, 3.63) is 99.5 Å². The summed E-state index contributed by atoms with van der Waals surface area (Å²) in [5.41, 5.74) is 3.86. The van der Waals surface area contributed by atoms with E-state index in [1.807, 2.05) is 46.2 Å². The van der Waals surface area contributed by atoms with Crippen LogP contribution in [0.25, 0.3) is 0 Å². The van der Waals surface area contributed by atoms with Gasteiger partial charge in [-0.1, -0.05) is 77.8 Å². The quantitative estimate of drug-likeness (QED) is 0.279. The van der Waals surface area contributed by atoms with Crippen LogP contribution in [-0.2, 0) is 22.2 Å². The first-order valence-corrected chi connectivity index (χ1v) is 17.3. The molecule has 3 aromatic rings. The van der Waals surface area contributed by atoms with E-state index in [4.69, 9.17) is 23.2 Å². The van der Waals surface area contributed by atoms with Gasteiger partial charge in [0.25, 0.3) is 0 Å². The van der Waals surface area contributed by atoms with Crippen LogP contribution in [-0.4, -0.2) is 72.5 Å². The molecule has 6 nitrogen and oxygen atoms in total. The van der Waals surface area contributed by atoms with E-state index in [-0.39, 0.29) is 17.4 Å². The smallest absolute Gasteiger partial charge is 0.324 e. The Bertz CT molecular complexity index is 1550. The number of hydrogen-bond acceptors (Lipinski definition) is 3. The maximum atomic E-state index is 14.5. The summed E-state index contributed by atoms with van der Waals surface area (Å²) in [4.78, 5) is 36.7. The van der Waals surface area contributed by atoms with Crippen LogP contribution in [0.2, 0.25) is 10.0 Å². The van der Waals surface area contributed by atoms with Gasteiger partial charge in [0.15, 0.2) is 0 Å². The molecule has 0 aromatic heterocycles. The molecule has 3 amide bonds. The van der Waals surface area contributed by atoms with Gasteiger partial charge in [0.2, 0.25) is 5.91 Å². The first kappa shape index (κ1) is 30.6. The predicted molar refractivity (Wildman–Crippen MR) is 181 cm³/mol. The van der Waals surface area contributed by atoms with Crippen LogP contribution < -0.4 is 4.90 Å². The molecule has 0 radical (unpaired) electrons. The first-order chi connectivity index (χ1) is 21.9. The summed E-state index contributed by atoms with van der Waals surface area (Å²) in [6.07, 6.45) is 6.67. The molecule has 0 N–H and O–H groups in total. The van der Waals surface area contributed by atoms with Crippen molar-refractivity contribution in [2.24, 2.45) is 0 Å². The number of para-hydroxylation sites is 1. The lowest BCUT2D eigenvalue weighted by molar-refractivity contribution is -0.142. The Labute approximate surface area is 276 Å². The van der Waals surface area contributed by atoms with Crippen LogP contribution in [0.3, 0.4) is 0 Å². The van der Waals surface area contributed by atoms with Crippen molar-refractivity contribution in [2.75, 3.05) is 50.7 Å².